The average Bonchev–Trinajstić information content (AvgIpc) is 2.52. The summed E-state index contributed by atoms with van der Waals surface area (Å²) in [4.78, 5) is 14.5. The lowest BCUT2D eigenvalue weighted by Crippen LogP contribution is -2.38. The van der Waals surface area contributed by atoms with Crippen LogP contribution in [0.3, 0.4) is 0 Å². The van der Waals surface area contributed by atoms with Crippen LogP contribution in [-0.2, 0) is 4.79 Å². The third kappa shape index (κ3) is 5.85. The fraction of sp³-hybridized carbons (Fsp3) is 0.588. The van der Waals surface area contributed by atoms with Crippen LogP contribution in [0, 0.1) is 0 Å². The van der Waals surface area contributed by atoms with Gasteiger partial charge in [0.2, 0.25) is 0 Å². The predicted octanol–water partition coefficient (Wildman–Crippen LogP) is 3.10. The lowest BCUT2D eigenvalue weighted by Gasteiger charge is -2.26. The Morgan fingerprint density at radius 2 is 2.14 bits per heavy atom. The molecule has 1 saturated heterocycles. The predicted molar refractivity (Wildman–Crippen MR) is 89.5 cm³/mol. The van der Waals surface area contributed by atoms with Gasteiger partial charge in [0.1, 0.15) is 5.75 Å². The van der Waals surface area contributed by atoms with Crippen molar-refractivity contribution in [1.29, 1.82) is 0 Å². The molecule has 1 aromatic rings. The van der Waals surface area contributed by atoms with Crippen LogP contribution in [0.15, 0.2) is 24.3 Å². The maximum Gasteiger partial charge on any atom is 0.260 e. The number of carbonyl (C=O) groups is 1. The van der Waals surface area contributed by atoms with Crippen LogP contribution < -0.4 is 10.1 Å². The van der Waals surface area contributed by atoms with Crippen LogP contribution in [0.1, 0.15) is 32.6 Å². The fourth-order valence-corrected chi connectivity index (χ4v) is 2.82. The number of hydrogen-bond donors (Lipinski definition) is 1. The minimum Gasteiger partial charge on any atom is -0.481 e. The minimum atomic E-state index is -0.520. The SMILES string of the molecule is C[C@@H](Oc1cccc(Cl)c1)C(=O)NCCCN1CCCCC1. The van der Waals surface area contributed by atoms with Crippen molar-refractivity contribution < 1.29 is 9.53 Å². The zero-order chi connectivity index (χ0) is 15.8. The Labute approximate surface area is 137 Å². The second-order valence-corrected chi connectivity index (χ2v) is 6.20. The van der Waals surface area contributed by atoms with Crippen molar-refractivity contribution in [3.05, 3.63) is 29.3 Å². The minimum absolute atomic E-state index is 0.0846. The van der Waals surface area contributed by atoms with Gasteiger partial charge in [0.25, 0.3) is 5.91 Å². The Hall–Kier alpha value is -1.26. The highest BCUT2D eigenvalue weighted by molar-refractivity contribution is 6.30. The zero-order valence-electron chi connectivity index (χ0n) is 13.2. The summed E-state index contributed by atoms with van der Waals surface area (Å²) < 4.78 is 5.60. The van der Waals surface area contributed by atoms with Crippen molar-refractivity contribution in [2.45, 2.75) is 38.7 Å². The maximum absolute atomic E-state index is 12.0. The summed E-state index contributed by atoms with van der Waals surface area (Å²) in [5.41, 5.74) is 0. The summed E-state index contributed by atoms with van der Waals surface area (Å²) in [5.74, 6) is 0.530. The standard InChI is InChI=1S/C17H25ClN2O2/c1-14(22-16-8-5-7-15(18)13-16)17(21)19-9-6-12-20-10-3-2-4-11-20/h5,7-8,13-14H,2-4,6,9-12H2,1H3,(H,19,21)/t14-/m1/s1. The van der Waals surface area contributed by atoms with E-state index < -0.39 is 6.10 Å². The fourth-order valence-electron chi connectivity index (χ4n) is 2.64. The van der Waals surface area contributed by atoms with Gasteiger partial charge in [0.15, 0.2) is 6.10 Å². The number of nitrogens with one attached hydrogen (secondary N) is 1. The number of hydrogen-bond acceptors (Lipinski definition) is 3. The van der Waals surface area contributed by atoms with Gasteiger partial charge >= 0.3 is 0 Å². The molecule has 22 heavy (non-hydrogen) atoms. The molecule has 5 heteroatoms. The third-order valence-electron chi connectivity index (χ3n) is 3.88. The summed E-state index contributed by atoms with van der Waals surface area (Å²) in [6.45, 7) is 5.90. The van der Waals surface area contributed by atoms with Crippen LogP contribution in [0.5, 0.6) is 5.75 Å². The number of piperidine rings is 1. The molecule has 1 heterocycles. The average molecular weight is 325 g/mol. The molecular weight excluding hydrogens is 300 g/mol. The topological polar surface area (TPSA) is 41.6 Å². The van der Waals surface area contributed by atoms with Crippen LogP contribution in [0.2, 0.25) is 5.02 Å². The van der Waals surface area contributed by atoms with Gasteiger partial charge in [-0.05, 0) is 64.0 Å². The number of rotatable bonds is 7. The molecule has 0 bridgehead atoms. The molecule has 1 aromatic carbocycles. The van der Waals surface area contributed by atoms with Crippen molar-refractivity contribution in [3.63, 3.8) is 0 Å². The Kier molecular flexibility index (Phi) is 7.00. The molecule has 1 aliphatic rings. The molecule has 0 unspecified atom stereocenters. The molecule has 0 aliphatic carbocycles. The van der Waals surface area contributed by atoms with Gasteiger partial charge in [-0.15, -0.1) is 0 Å². The third-order valence-corrected chi connectivity index (χ3v) is 4.11. The molecule has 4 nitrogen and oxygen atoms in total. The van der Waals surface area contributed by atoms with Crippen LogP contribution in [0.25, 0.3) is 0 Å². The number of ether oxygens (including phenoxy) is 1. The smallest absolute Gasteiger partial charge is 0.260 e. The number of nitrogens with zero attached hydrogens (tertiary/aromatic N) is 1. The van der Waals surface area contributed by atoms with Gasteiger partial charge < -0.3 is 15.0 Å². The molecule has 1 fully saturated rings. The summed E-state index contributed by atoms with van der Waals surface area (Å²) in [5, 5.41) is 3.54. The molecule has 0 saturated carbocycles. The van der Waals surface area contributed by atoms with E-state index in [-0.39, 0.29) is 5.91 Å². The number of amides is 1. The highest BCUT2D eigenvalue weighted by Gasteiger charge is 2.14. The summed E-state index contributed by atoms with van der Waals surface area (Å²) in [6.07, 6.45) is 4.42. The number of halogens is 1. The van der Waals surface area contributed by atoms with E-state index >= 15 is 0 Å². The number of benzene rings is 1. The quantitative estimate of drug-likeness (QED) is 0.784. The van der Waals surface area contributed by atoms with Crippen LogP contribution in [-0.4, -0.2) is 43.1 Å². The molecular formula is C17H25ClN2O2. The number of carbonyl (C=O) groups excluding carboxylic acids is 1. The lowest BCUT2D eigenvalue weighted by atomic mass is 10.1. The van der Waals surface area contributed by atoms with Gasteiger partial charge in [0, 0.05) is 11.6 Å². The van der Waals surface area contributed by atoms with Crippen molar-refractivity contribution in [3.8, 4) is 5.75 Å². The summed E-state index contributed by atoms with van der Waals surface area (Å²) in [7, 11) is 0. The maximum atomic E-state index is 12.0. The first-order chi connectivity index (χ1) is 10.6. The normalized spacial score (nSPS) is 17.0. The van der Waals surface area contributed by atoms with Crippen LogP contribution in [0.4, 0.5) is 0 Å². The molecule has 1 amide bonds. The van der Waals surface area contributed by atoms with E-state index in [1.165, 1.54) is 32.4 Å². The highest BCUT2D eigenvalue weighted by atomic mass is 35.5. The first-order valence-electron chi connectivity index (χ1n) is 8.07. The summed E-state index contributed by atoms with van der Waals surface area (Å²) in [6, 6.07) is 7.09. The van der Waals surface area contributed by atoms with Gasteiger partial charge in [-0.1, -0.05) is 24.1 Å². The van der Waals surface area contributed by atoms with Gasteiger partial charge in [-0.3, -0.25) is 4.79 Å². The van der Waals surface area contributed by atoms with Crippen molar-refractivity contribution in [1.82, 2.24) is 10.2 Å². The molecule has 0 aromatic heterocycles. The van der Waals surface area contributed by atoms with E-state index in [0.717, 1.165) is 13.0 Å². The lowest BCUT2D eigenvalue weighted by molar-refractivity contribution is -0.127. The van der Waals surface area contributed by atoms with Crippen LogP contribution >= 0.6 is 11.6 Å². The molecule has 122 valence electrons. The van der Waals surface area contributed by atoms with Crippen molar-refractivity contribution >= 4 is 17.5 Å². The Balaban J connectivity index is 1.63. The first kappa shape index (κ1) is 17.1. The van der Waals surface area contributed by atoms with E-state index in [0.29, 0.717) is 17.3 Å². The Bertz CT molecular complexity index is 475. The molecule has 0 radical (unpaired) electrons. The largest absolute Gasteiger partial charge is 0.481 e. The monoisotopic (exact) mass is 324 g/mol. The van der Waals surface area contributed by atoms with Crippen molar-refractivity contribution in [2.75, 3.05) is 26.2 Å². The van der Waals surface area contributed by atoms with E-state index in [2.05, 4.69) is 10.2 Å². The van der Waals surface area contributed by atoms with E-state index in [1.807, 2.05) is 0 Å². The first-order valence-corrected chi connectivity index (χ1v) is 8.45. The Morgan fingerprint density at radius 3 is 2.86 bits per heavy atom. The van der Waals surface area contributed by atoms with Gasteiger partial charge in [-0.25, -0.2) is 0 Å². The molecule has 2 rings (SSSR count). The van der Waals surface area contributed by atoms with Gasteiger partial charge in [0.05, 0.1) is 0 Å². The molecule has 0 spiro atoms. The van der Waals surface area contributed by atoms with Gasteiger partial charge in [-0.2, -0.15) is 0 Å². The highest BCUT2D eigenvalue weighted by Crippen LogP contribution is 2.18. The second kappa shape index (κ2) is 9.01. The molecule has 1 aliphatic heterocycles. The van der Waals surface area contributed by atoms with E-state index in [9.17, 15) is 4.79 Å². The number of likely N-dealkylation sites (tertiary alicyclic amines) is 1. The van der Waals surface area contributed by atoms with E-state index in [1.54, 1.807) is 31.2 Å². The Morgan fingerprint density at radius 1 is 1.36 bits per heavy atom. The zero-order valence-corrected chi connectivity index (χ0v) is 13.9. The van der Waals surface area contributed by atoms with E-state index in [4.69, 9.17) is 16.3 Å². The second-order valence-electron chi connectivity index (χ2n) is 5.76. The molecule has 1 atom stereocenters. The summed E-state index contributed by atoms with van der Waals surface area (Å²) >= 11 is 5.90. The molecule has 1 N–H and O–H groups in total. The van der Waals surface area contributed by atoms with Crippen molar-refractivity contribution in [2.24, 2.45) is 0 Å².